The Morgan fingerprint density at radius 3 is 2.90 bits per heavy atom. The van der Waals surface area contributed by atoms with Crippen LogP contribution in [0.15, 0.2) is 47.5 Å². The number of nitrogens with one attached hydrogen (secondary N) is 2. The van der Waals surface area contributed by atoms with Gasteiger partial charge in [0.2, 0.25) is 0 Å². The predicted octanol–water partition coefficient (Wildman–Crippen LogP) is 1.91. The zero-order valence-corrected chi connectivity index (χ0v) is 17.1. The van der Waals surface area contributed by atoms with Crippen molar-refractivity contribution in [3.05, 3.63) is 58.8 Å². The monoisotopic (exact) mass is 411 g/mol. The molecule has 2 aliphatic rings. The topological polar surface area (TPSA) is 88.5 Å². The third-order valence-corrected chi connectivity index (χ3v) is 5.91. The van der Waals surface area contributed by atoms with Crippen LogP contribution >= 0.6 is 0 Å². The average molecular weight is 412 g/mol. The number of carbonyl (C=O) groups is 1. The first-order chi connectivity index (χ1) is 14.7. The number of benzene rings is 1. The Hall–Kier alpha value is -2.71. The van der Waals surface area contributed by atoms with E-state index in [-0.39, 0.29) is 11.7 Å². The maximum Gasteiger partial charge on any atom is 0.347 e. The molecule has 2 aliphatic heterocycles. The van der Waals surface area contributed by atoms with Crippen molar-refractivity contribution in [3.63, 3.8) is 0 Å². The van der Waals surface area contributed by atoms with E-state index in [1.54, 1.807) is 12.3 Å². The lowest BCUT2D eigenvalue weighted by Gasteiger charge is -2.32. The second-order valence-corrected chi connectivity index (χ2v) is 8.00. The van der Waals surface area contributed by atoms with E-state index in [0.717, 1.165) is 38.3 Å². The summed E-state index contributed by atoms with van der Waals surface area (Å²) in [6.07, 6.45) is 6.69. The Morgan fingerprint density at radius 1 is 1.27 bits per heavy atom. The molecule has 8 heteroatoms. The highest BCUT2D eigenvalue weighted by Crippen LogP contribution is 2.24. The van der Waals surface area contributed by atoms with Gasteiger partial charge in [-0.2, -0.15) is 0 Å². The molecule has 1 aromatic carbocycles. The zero-order chi connectivity index (χ0) is 20.8. The summed E-state index contributed by atoms with van der Waals surface area (Å²) in [4.78, 5) is 30.6. The van der Waals surface area contributed by atoms with Gasteiger partial charge in [0.15, 0.2) is 0 Å². The van der Waals surface area contributed by atoms with Crippen molar-refractivity contribution in [1.29, 1.82) is 0 Å². The van der Waals surface area contributed by atoms with Gasteiger partial charge in [-0.3, -0.25) is 9.47 Å². The van der Waals surface area contributed by atoms with Gasteiger partial charge in [0.05, 0.1) is 13.2 Å². The fourth-order valence-electron chi connectivity index (χ4n) is 4.35. The van der Waals surface area contributed by atoms with Crippen molar-refractivity contribution in [2.45, 2.75) is 31.8 Å². The summed E-state index contributed by atoms with van der Waals surface area (Å²) in [5.41, 5.74) is 1.32. The summed E-state index contributed by atoms with van der Waals surface area (Å²) in [6.45, 7) is 4.81. The molecule has 0 aliphatic carbocycles. The highest BCUT2D eigenvalue weighted by Gasteiger charge is 2.32. The zero-order valence-electron chi connectivity index (χ0n) is 17.1. The molecular formula is C22H29N5O3. The Kier molecular flexibility index (Phi) is 6.76. The molecule has 0 saturated carbocycles. The highest BCUT2D eigenvalue weighted by atomic mass is 16.5. The second kappa shape index (κ2) is 9.86. The van der Waals surface area contributed by atoms with Crippen LogP contribution in [0.1, 0.15) is 24.8 Å². The van der Waals surface area contributed by atoms with Gasteiger partial charge in [-0.1, -0.05) is 12.1 Å². The van der Waals surface area contributed by atoms with Crippen molar-refractivity contribution in [2.24, 2.45) is 5.92 Å². The molecule has 160 valence electrons. The summed E-state index contributed by atoms with van der Waals surface area (Å²) in [5, 5.41) is 5.97. The molecule has 0 spiro atoms. The molecule has 8 nitrogen and oxygen atoms in total. The number of likely N-dealkylation sites (tertiary alicyclic amines) is 1. The van der Waals surface area contributed by atoms with Crippen LogP contribution in [0.5, 0.6) is 0 Å². The molecule has 0 radical (unpaired) electrons. The molecule has 0 unspecified atom stereocenters. The van der Waals surface area contributed by atoms with Crippen LogP contribution in [-0.2, 0) is 11.3 Å². The molecule has 3 heterocycles. The SMILES string of the molecule is O=C(NC[C@H]([C@H]1CCOC1)N1CCCC1)Nc1cccc(Cn2cccnc2=O)c1. The summed E-state index contributed by atoms with van der Waals surface area (Å²) in [5.74, 6) is 0.476. The third kappa shape index (κ3) is 5.25. The maximum atomic E-state index is 12.5. The Balaban J connectivity index is 1.34. The van der Waals surface area contributed by atoms with E-state index in [1.807, 2.05) is 24.3 Å². The maximum absolute atomic E-state index is 12.5. The standard InChI is InChI=1S/C22H29N5O3/c28-21(24-14-20(18-7-12-30-16-18)26-9-1-2-10-26)25-19-6-3-5-17(13-19)15-27-11-4-8-23-22(27)29/h3-6,8,11,13,18,20H,1-2,7,9-10,12,14-16H2,(H2,24,25,28)/t18-,20+/m0/s1. The molecular weight excluding hydrogens is 382 g/mol. The average Bonchev–Trinajstić information content (AvgIpc) is 3.45. The number of rotatable bonds is 7. The number of amides is 2. The Bertz CT molecular complexity index is 887. The predicted molar refractivity (Wildman–Crippen MR) is 115 cm³/mol. The Morgan fingerprint density at radius 2 is 2.13 bits per heavy atom. The molecule has 2 saturated heterocycles. The van der Waals surface area contributed by atoms with Crippen molar-refractivity contribution in [3.8, 4) is 0 Å². The minimum atomic E-state index is -0.294. The van der Waals surface area contributed by atoms with E-state index in [0.29, 0.717) is 30.7 Å². The molecule has 2 N–H and O–H groups in total. The normalized spacial score (nSPS) is 20.2. The minimum Gasteiger partial charge on any atom is -0.381 e. The van der Waals surface area contributed by atoms with Crippen molar-refractivity contribution in [1.82, 2.24) is 19.8 Å². The fourth-order valence-corrected chi connectivity index (χ4v) is 4.35. The molecule has 30 heavy (non-hydrogen) atoms. The number of nitrogens with zero attached hydrogens (tertiary/aromatic N) is 3. The van der Waals surface area contributed by atoms with Gasteiger partial charge in [0.25, 0.3) is 0 Å². The van der Waals surface area contributed by atoms with Crippen LogP contribution in [0.4, 0.5) is 10.5 Å². The van der Waals surface area contributed by atoms with Gasteiger partial charge >= 0.3 is 11.7 Å². The molecule has 2 fully saturated rings. The minimum absolute atomic E-state index is 0.214. The third-order valence-electron chi connectivity index (χ3n) is 5.91. The van der Waals surface area contributed by atoms with E-state index in [9.17, 15) is 9.59 Å². The lowest BCUT2D eigenvalue weighted by molar-refractivity contribution is 0.135. The van der Waals surface area contributed by atoms with Crippen LogP contribution in [0, 0.1) is 5.92 Å². The number of aromatic nitrogens is 2. The smallest absolute Gasteiger partial charge is 0.347 e. The van der Waals surface area contributed by atoms with Crippen molar-refractivity contribution in [2.75, 3.05) is 38.2 Å². The first-order valence-electron chi connectivity index (χ1n) is 10.7. The van der Waals surface area contributed by atoms with Gasteiger partial charge in [0.1, 0.15) is 0 Å². The first-order valence-corrected chi connectivity index (χ1v) is 10.7. The highest BCUT2D eigenvalue weighted by molar-refractivity contribution is 5.89. The van der Waals surface area contributed by atoms with Crippen molar-refractivity contribution >= 4 is 11.7 Å². The summed E-state index contributed by atoms with van der Waals surface area (Å²) in [6, 6.07) is 9.35. The van der Waals surface area contributed by atoms with E-state index < -0.39 is 0 Å². The van der Waals surface area contributed by atoms with Crippen LogP contribution in [-0.4, -0.2) is 59.4 Å². The van der Waals surface area contributed by atoms with Gasteiger partial charge < -0.3 is 15.4 Å². The number of urea groups is 1. The number of anilines is 1. The lowest BCUT2D eigenvalue weighted by Crippen LogP contribution is -2.48. The lowest BCUT2D eigenvalue weighted by atomic mass is 9.97. The second-order valence-electron chi connectivity index (χ2n) is 8.00. The van der Waals surface area contributed by atoms with Crippen molar-refractivity contribution < 1.29 is 9.53 Å². The number of hydrogen-bond donors (Lipinski definition) is 2. The largest absolute Gasteiger partial charge is 0.381 e. The van der Waals surface area contributed by atoms with E-state index >= 15 is 0 Å². The van der Waals surface area contributed by atoms with Gasteiger partial charge in [-0.15, -0.1) is 0 Å². The number of hydrogen-bond acceptors (Lipinski definition) is 5. The first kappa shape index (κ1) is 20.6. The molecule has 4 rings (SSSR count). The van der Waals surface area contributed by atoms with E-state index in [4.69, 9.17) is 4.74 Å². The van der Waals surface area contributed by atoms with E-state index in [2.05, 4.69) is 20.5 Å². The van der Waals surface area contributed by atoms with Crippen LogP contribution in [0.3, 0.4) is 0 Å². The van der Waals surface area contributed by atoms with Crippen LogP contribution in [0.2, 0.25) is 0 Å². The molecule has 1 aromatic heterocycles. The van der Waals surface area contributed by atoms with Gasteiger partial charge in [-0.25, -0.2) is 14.6 Å². The van der Waals surface area contributed by atoms with E-state index in [1.165, 1.54) is 23.6 Å². The molecule has 0 bridgehead atoms. The van der Waals surface area contributed by atoms with Gasteiger partial charge in [-0.05, 0) is 56.1 Å². The molecule has 2 amide bonds. The summed E-state index contributed by atoms with van der Waals surface area (Å²) in [7, 11) is 0. The van der Waals surface area contributed by atoms with Crippen LogP contribution in [0.25, 0.3) is 0 Å². The number of carbonyl (C=O) groups excluding carboxylic acids is 1. The van der Waals surface area contributed by atoms with Gasteiger partial charge in [0, 0.05) is 43.2 Å². The fraction of sp³-hybridized carbons (Fsp3) is 0.500. The quantitative estimate of drug-likeness (QED) is 0.727. The molecule has 2 aromatic rings. The number of ether oxygens (including phenoxy) is 1. The van der Waals surface area contributed by atoms with Crippen LogP contribution < -0.4 is 16.3 Å². The summed E-state index contributed by atoms with van der Waals surface area (Å²) < 4.78 is 7.12. The Labute approximate surface area is 176 Å². The summed E-state index contributed by atoms with van der Waals surface area (Å²) >= 11 is 0. The molecule has 2 atom stereocenters.